The van der Waals surface area contributed by atoms with Crippen LogP contribution in [0.5, 0.6) is 0 Å². The van der Waals surface area contributed by atoms with E-state index in [-0.39, 0.29) is 37.1 Å². The smallest absolute Gasteiger partial charge is 0.391 e. The minimum absolute atomic E-state index is 0.00951. The summed E-state index contributed by atoms with van der Waals surface area (Å²) in [6.07, 6.45) is -1.14. The summed E-state index contributed by atoms with van der Waals surface area (Å²) in [5.41, 5.74) is 0. The molecule has 0 bridgehead atoms. The zero-order valence-corrected chi connectivity index (χ0v) is 12.4. The molecule has 2 saturated carbocycles. The van der Waals surface area contributed by atoms with Crippen molar-refractivity contribution in [3.63, 3.8) is 0 Å². The first-order valence-electron chi connectivity index (χ1n) is 7.84. The van der Waals surface area contributed by atoms with Crippen LogP contribution in [0.2, 0.25) is 0 Å². The lowest BCUT2D eigenvalue weighted by Gasteiger charge is -2.29. The minimum atomic E-state index is -4.12. The first-order valence-corrected chi connectivity index (χ1v) is 7.84. The number of hydrogen-bond acceptors (Lipinski definition) is 2. The number of carboxylic acid groups (broad SMARTS) is 1. The number of carboxylic acids is 1. The maximum Gasteiger partial charge on any atom is 0.391 e. The lowest BCUT2D eigenvalue weighted by Crippen LogP contribution is -2.35. The van der Waals surface area contributed by atoms with Gasteiger partial charge in [0, 0.05) is 12.5 Å². The van der Waals surface area contributed by atoms with Crippen molar-refractivity contribution in [2.24, 2.45) is 17.8 Å². The molecule has 2 aliphatic carbocycles. The van der Waals surface area contributed by atoms with Gasteiger partial charge in [-0.2, -0.15) is 13.2 Å². The van der Waals surface area contributed by atoms with Gasteiger partial charge in [-0.05, 0) is 50.9 Å². The van der Waals surface area contributed by atoms with Crippen molar-refractivity contribution in [3.05, 3.63) is 0 Å². The van der Waals surface area contributed by atoms with Gasteiger partial charge >= 0.3 is 12.1 Å². The van der Waals surface area contributed by atoms with Gasteiger partial charge in [0.05, 0.1) is 11.8 Å². The van der Waals surface area contributed by atoms with E-state index in [2.05, 4.69) is 5.32 Å². The second kappa shape index (κ2) is 6.87. The number of hydrogen-bond donors (Lipinski definition) is 2. The SMILES string of the molecule is O=C(CC1CCC(C(F)(F)F)CC1)N[C@@H]1CC[C@H](C(=O)O)C1. The highest BCUT2D eigenvalue weighted by molar-refractivity contribution is 5.77. The number of carbonyl (C=O) groups is 2. The molecule has 0 aliphatic heterocycles. The Morgan fingerprint density at radius 3 is 2.18 bits per heavy atom. The molecule has 0 unspecified atom stereocenters. The Kier molecular flexibility index (Phi) is 5.34. The van der Waals surface area contributed by atoms with Crippen molar-refractivity contribution < 1.29 is 27.9 Å². The van der Waals surface area contributed by atoms with Crippen LogP contribution in [0.1, 0.15) is 51.4 Å². The van der Waals surface area contributed by atoms with Gasteiger partial charge in [-0.1, -0.05) is 0 Å². The highest BCUT2D eigenvalue weighted by Gasteiger charge is 2.41. The number of carbonyl (C=O) groups excluding carboxylic acids is 1. The van der Waals surface area contributed by atoms with E-state index >= 15 is 0 Å². The summed E-state index contributed by atoms with van der Waals surface area (Å²) in [5, 5.41) is 11.7. The predicted molar refractivity (Wildman–Crippen MR) is 73.0 cm³/mol. The van der Waals surface area contributed by atoms with E-state index in [1.54, 1.807) is 0 Å². The first kappa shape index (κ1) is 17.1. The molecule has 0 saturated heterocycles. The van der Waals surface area contributed by atoms with Gasteiger partial charge in [-0.3, -0.25) is 9.59 Å². The Bertz CT molecular complexity index is 417. The molecule has 2 N–H and O–H groups in total. The molecule has 4 nitrogen and oxygen atoms in total. The normalized spacial score (nSPS) is 32.7. The number of alkyl halides is 3. The quantitative estimate of drug-likeness (QED) is 0.836. The van der Waals surface area contributed by atoms with E-state index in [4.69, 9.17) is 5.11 Å². The van der Waals surface area contributed by atoms with Gasteiger partial charge in [0.1, 0.15) is 0 Å². The fourth-order valence-corrected chi connectivity index (χ4v) is 3.58. The van der Waals surface area contributed by atoms with Crippen LogP contribution in [0.4, 0.5) is 13.2 Å². The number of rotatable bonds is 4. The predicted octanol–water partition coefficient (Wildman–Crippen LogP) is 3.11. The summed E-state index contributed by atoms with van der Waals surface area (Å²) < 4.78 is 37.7. The number of nitrogens with one attached hydrogen (secondary N) is 1. The van der Waals surface area contributed by atoms with E-state index in [0.717, 1.165) is 0 Å². The van der Waals surface area contributed by atoms with Crippen LogP contribution in [0.15, 0.2) is 0 Å². The Morgan fingerprint density at radius 1 is 1.05 bits per heavy atom. The van der Waals surface area contributed by atoms with Crippen LogP contribution in [-0.4, -0.2) is 29.2 Å². The topological polar surface area (TPSA) is 66.4 Å². The highest BCUT2D eigenvalue weighted by Crippen LogP contribution is 2.40. The van der Waals surface area contributed by atoms with Crippen molar-refractivity contribution in [2.75, 3.05) is 0 Å². The molecule has 0 aromatic carbocycles. The van der Waals surface area contributed by atoms with E-state index in [1.165, 1.54) is 0 Å². The van der Waals surface area contributed by atoms with E-state index < -0.39 is 24.0 Å². The molecule has 7 heteroatoms. The third-order valence-electron chi connectivity index (χ3n) is 4.93. The Labute approximate surface area is 127 Å². The second-order valence-corrected chi connectivity index (χ2v) is 6.58. The molecule has 22 heavy (non-hydrogen) atoms. The number of amides is 1. The molecule has 0 spiro atoms. The lowest BCUT2D eigenvalue weighted by molar-refractivity contribution is -0.184. The summed E-state index contributed by atoms with van der Waals surface area (Å²) in [5.74, 6) is -2.60. The van der Waals surface area contributed by atoms with Crippen molar-refractivity contribution in [2.45, 2.75) is 63.6 Å². The van der Waals surface area contributed by atoms with Crippen LogP contribution in [0.25, 0.3) is 0 Å². The van der Waals surface area contributed by atoms with Crippen molar-refractivity contribution >= 4 is 11.9 Å². The van der Waals surface area contributed by atoms with E-state index in [9.17, 15) is 22.8 Å². The third-order valence-corrected chi connectivity index (χ3v) is 4.93. The fourth-order valence-electron chi connectivity index (χ4n) is 3.58. The average molecular weight is 321 g/mol. The minimum Gasteiger partial charge on any atom is -0.481 e. The van der Waals surface area contributed by atoms with E-state index in [1.807, 2.05) is 0 Å². The molecule has 0 radical (unpaired) electrons. The molecule has 2 aliphatic rings. The van der Waals surface area contributed by atoms with Crippen LogP contribution in [0.3, 0.4) is 0 Å². The van der Waals surface area contributed by atoms with Crippen molar-refractivity contribution in [3.8, 4) is 0 Å². The molecule has 1 amide bonds. The zero-order chi connectivity index (χ0) is 16.3. The maximum absolute atomic E-state index is 12.6. The Balaban J connectivity index is 1.70. The number of aliphatic carboxylic acids is 1. The van der Waals surface area contributed by atoms with Gasteiger partial charge in [0.25, 0.3) is 0 Å². The number of halogens is 3. The first-order chi connectivity index (χ1) is 10.3. The third kappa shape index (κ3) is 4.61. The molecule has 2 rings (SSSR count). The molecule has 0 aromatic rings. The van der Waals surface area contributed by atoms with Crippen LogP contribution in [0, 0.1) is 17.8 Å². The largest absolute Gasteiger partial charge is 0.481 e. The molecular formula is C15H22F3NO3. The van der Waals surface area contributed by atoms with Crippen LogP contribution >= 0.6 is 0 Å². The Morgan fingerprint density at radius 2 is 1.68 bits per heavy atom. The fraction of sp³-hybridized carbons (Fsp3) is 0.867. The summed E-state index contributed by atoms with van der Waals surface area (Å²) in [7, 11) is 0. The average Bonchev–Trinajstić information content (AvgIpc) is 2.86. The molecule has 0 aromatic heterocycles. The molecule has 2 fully saturated rings. The van der Waals surface area contributed by atoms with Gasteiger partial charge in [-0.15, -0.1) is 0 Å². The molecule has 0 heterocycles. The van der Waals surface area contributed by atoms with Gasteiger partial charge < -0.3 is 10.4 Å². The van der Waals surface area contributed by atoms with Gasteiger partial charge in [-0.25, -0.2) is 0 Å². The molecular weight excluding hydrogens is 299 g/mol. The zero-order valence-electron chi connectivity index (χ0n) is 12.4. The van der Waals surface area contributed by atoms with Gasteiger partial charge in [0.2, 0.25) is 5.91 Å². The lowest BCUT2D eigenvalue weighted by atomic mass is 9.80. The van der Waals surface area contributed by atoms with Crippen LogP contribution in [-0.2, 0) is 9.59 Å². The van der Waals surface area contributed by atoms with Crippen molar-refractivity contribution in [1.29, 1.82) is 0 Å². The molecule has 126 valence electrons. The van der Waals surface area contributed by atoms with Gasteiger partial charge in [0.15, 0.2) is 0 Å². The molecule has 2 atom stereocenters. The summed E-state index contributed by atoms with van der Waals surface area (Å²) in [6.45, 7) is 0. The Hall–Kier alpha value is -1.27. The van der Waals surface area contributed by atoms with Crippen LogP contribution < -0.4 is 5.32 Å². The maximum atomic E-state index is 12.6. The van der Waals surface area contributed by atoms with E-state index in [0.29, 0.717) is 32.1 Å². The standard InChI is InChI=1S/C15H22F3NO3/c16-15(17,18)11-4-1-9(2-5-11)7-13(20)19-12-6-3-10(8-12)14(21)22/h9-12H,1-8H2,(H,19,20)(H,21,22)/t9?,10-,11?,12+/m0/s1. The second-order valence-electron chi connectivity index (χ2n) is 6.58. The highest BCUT2D eigenvalue weighted by atomic mass is 19.4. The summed E-state index contributed by atoms with van der Waals surface area (Å²) in [6, 6.07) is -0.111. The summed E-state index contributed by atoms with van der Waals surface area (Å²) >= 11 is 0. The monoisotopic (exact) mass is 321 g/mol. The van der Waals surface area contributed by atoms with Crippen molar-refractivity contribution in [1.82, 2.24) is 5.32 Å². The summed E-state index contributed by atoms with van der Waals surface area (Å²) in [4.78, 5) is 22.8.